The third-order valence-electron chi connectivity index (χ3n) is 3.35. The standard InChI is InChI=1S/C16H24N2O3/c1-10(11-5-7-12(19)8-6-11)17-13-9-14(13)18-15(20)21-16(2,3)4/h5-8,10,13-14,17,19H,9H2,1-4H3,(H,18,20). The molecule has 3 N–H and O–H groups in total. The SMILES string of the molecule is CC(NC1CC1NC(=O)OC(C)(C)C)c1ccc(O)cc1. The molecule has 0 bridgehead atoms. The highest BCUT2D eigenvalue weighted by atomic mass is 16.6. The molecule has 0 spiro atoms. The van der Waals surface area contributed by atoms with Gasteiger partial charge in [0.15, 0.2) is 0 Å². The molecule has 1 aromatic carbocycles. The van der Waals surface area contributed by atoms with Gasteiger partial charge >= 0.3 is 6.09 Å². The molecule has 5 nitrogen and oxygen atoms in total. The van der Waals surface area contributed by atoms with Crippen molar-refractivity contribution in [2.75, 3.05) is 0 Å². The highest BCUT2D eigenvalue weighted by Crippen LogP contribution is 2.26. The molecule has 2 rings (SSSR count). The predicted octanol–water partition coefficient (Wildman–Crippen LogP) is 2.71. The Balaban J connectivity index is 1.76. The second-order valence-corrected chi connectivity index (χ2v) is 6.57. The Hall–Kier alpha value is -1.75. The van der Waals surface area contributed by atoms with Crippen LogP contribution in [0, 0.1) is 0 Å². The Labute approximate surface area is 125 Å². The number of ether oxygens (including phenoxy) is 1. The van der Waals surface area contributed by atoms with E-state index in [1.165, 1.54) is 0 Å². The number of carbonyl (C=O) groups excluding carboxylic acids is 1. The van der Waals surface area contributed by atoms with E-state index in [-0.39, 0.29) is 30.0 Å². The van der Waals surface area contributed by atoms with Crippen molar-refractivity contribution in [3.05, 3.63) is 29.8 Å². The minimum absolute atomic E-state index is 0.124. The summed E-state index contributed by atoms with van der Waals surface area (Å²) in [7, 11) is 0. The van der Waals surface area contributed by atoms with E-state index < -0.39 is 5.60 Å². The van der Waals surface area contributed by atoms with E-state index in [0.29, 0.717) is 0 Å². The van der Waals surface area contributed by atoms with Crippen LogP contribution in [0.2, 0.25) is 0 Å². The fourth-order valence-corrected chi connectivity index (χ4v) is 2.18. The van der Waals surface area contributed by atoms with Gasteiger partial charge in [0.05, 0.1) is 0 Å². The lowest BCUT2D eigenvalue weighted by Crippen LogP contribution is -2.37. The number of carbonyl (C=O) groups is 1. The summed E-state index contributed by atoms with van der Waals surface area (Å²) in [6.07, 6.45) is 0.538. The quantitative estimate of drug-likeness (QED) is 0.798. The number of rotatable bonds is 4. The number of alkyl carbamates (subject to hydrolysis) is 1. The summed E-state index contributed by atoms with van der Waals surface area (Å²) in [6, 6.07) is 7.70. The third kappa shape index (κ3) is 4.93. The van der Waals surface area contributed by atoms with E-state index >= 15 is 0 Å². The van der Waals surface area contributed by atoms with Gasteiger partial charge in [-0.2, -0.15) is 0 Å². The molecule has 1 saturated carbocycles. The van der Waals surface area contributed by atoms with Crippen molar-refractivity contribution >= 4 is 6.09 Å². The van der Waals surface area contributed by atoms with E-state index in [1.807, 2.05) is 32.9 Å². The highest BCUT2D eigenvalue weighted by Gasteiger charge is 2.39. The number of hydrogen-bond acceptors (Lipinski definition) is 4. The van der Waals surface area contributed by atoms with Crippen LogP contribution >= 0.6 is 0 Å². The molecule has 1 aliphatic carbocycles. The maximum Gasteiger partial charge on any atom is 0.407 e. The smallest absolute Gasteiger partial charge is 0.407 e. The molecule has 1 aromatic rings. The summed E-state index contributed by atoms with van der Waals surface area (Å²) in [4.78, 5) is 11.7. The summed E-state index contributed by atoms with van der Waals surface area (Å²) in [5.41, 5.74) is 0.636. The van der Waals surface area contributed by atoms with Gasteiger partial charge in [0, 0.05) is 18.1 Å². The molecule has 3 unspecified atom stereocenters. The Morgan fingerprint density at radius 2 is 1.90 bits per heavy atom. The third-order valence-corrected chi connectivity index (χ3v) is 3.35. The number of hydrogen-bond donors (Lipinski definition) is 3. The molecule has 116 valence electrons. The summed E-state index contributed by atoms with van der Waals surface area (Å²) >= 11 is 0. The monoisotopic (exact) mass is 292 g/mol. The van der Waals surface area contributed by atoms with Crippen molar-refractivity contribution in [3.8, 4) is 5.75 Å². The summed E-state index contributed by atoms with van der Waals surface area (Å²) in [6.45, 7) is 7.61. The van der Waals surface area contributed by atoms with Crippen LogP contribution in [0.5, 0.6) is 5.75 Å². The van der Waals surface area contributed by atoms with Gasteiger partial charge in [-0.25, -0.2) is 4.79 Å². The minimum Gasteiger partial charge on any atom is -0.508 e. The summed E-state index contributed by atoms with van der Waals surface area (Å²) in [5.74, 6) is 0.266. The highest BCUT2D eigenvalue weighted by molar-refractivity contribution is 5.68. The zero-order chi connectivity index (χ0) is 15.6. The van der Waals surface area contributed by atoms with Crippen LogP contribution in [0.25, 0.3) is 0 Å². The maximum absolute atomic E-state index is 11.7. The van der Waals surface area contributed by atoms with Gasteiger partial charge in [0.2, 0.25) is 0 Å². The van der Waals surface area contributed by atoms with Gasteiger partial charge in [0.25, 0.3) is 0 Å². The van der Waals surface area contributed by atoms with Gasteiger partial charge in [0.1, 0.15) is 11.4 Å². The van der Waals surface area contributed by atoms with Crippen LogP contribution in [0.3, 0.4) is 0 Å². The van der Waals surface area contributed by atoms with E-state index in [2.05, 4.69) is 17.6 Å². The second-order valence-electron chi connectivity index (χ2n) is 6.57. The van der Waals surface area contributed by atoms with Crippen LogP contribution in [0.1, 0.15) is 45.7 Å². The minimum atomic E-state index is -0.471. The number of phenolic OH excluding ortho intramolecular Hbond substituents is 1. The molecule has 0 heterocycles. The number of amides is 1. The molecule has 0 saturated heterocycles. The molecular weight excluding hydrogens is 268 g/mol. The fourth-order valence-electron chi connectivity index (χ4n) is 2.18. The lowest BCUT2D eigenvalue weighted by Gasteiger charge is -2.20. The van der Waals surface area contributed by atoms with Crippen molar-refractivity contribution in [1.29, 1.82) is 0 Å². The van der Waals surface area contributed by atoms with Gasteiger partial charge in [-0.1, -0.05) is 12.1 Å². The van der Waals surface area contributed by atoms with Gasteiger partial charge < -0.3 is 20.5 Å². The van der Waals surface area contributed by atoms with Crippen LogP contribution < -0.4 is 10.6 Å². The predicted molar refractivity (Wildman–Crippen MR) is 81.2 cm³/mol. The van der Waals surface area contributed by atoms with E-state index in [0.717, 1.165) is 12.0 Å². The molecule has 1 aliphatic rings. The Morgan fingerprint density at radius 1 is 1.29 bits per heavy atom. The van der Waals surface area contributed by atoms with Crippen molar-refractivity contribution in [3.63, 3.8) is 0 Å². The summed E-state index contributed by atoms with van der Waals surface area (Å²) < 4.78 is 5.23. The average molecular weight is 292 g/mol. The first-order valence-corrected chi connectivity index (χ1v) is 7.29. The lowest BCUT2D eigenvalue weighted by atomic mass is 10.1. The molecular formula is C16H24N2O3. The van der Waals surface area contributed by atoms with Crippen molar-refractivity contribution in [2.45, 2.75) is 57.8 Å². The Bertz CT molecular complexity index is 493. The average Bonchev–Trinajstić information content (AvgIpc) is 3.05. The zero-order valence-electron chi connectivity index (χ0n) is 13.0. The van der Waals surface area contributed by atoms with Gasteiger partial charge in [-0.05, 0) is 51.8 Å². The van der Waals surface area contributed by atoms with Crippen LogP contribution in [0.4, 0.5) is 4.79 Å². The number of benzene rings is 1. The maximum atomic E-state index is 11.7. The van der Waals surface area contributed by atoms with Crippen LogP contribution in [-0.4, -0.2) is 28.9 Å². The van der Waals surface area contributed by atoms with Gasteiger partial charge in [-0.15, -0.1) is 0 Å². The van der Waals surface area contributed by atoms with E-state index in [1.54, 1.807) is 12.1 Å². The topological polar surface area (TPSA) is 70.6 Å². The number of aromatic hydroxyl groups is 1. The van der Waals surface area contributed by atoms with E-state index in [4.69, 9.17) is 4.74 Å². The van der Waals surface area contributed by atoms with Crippen molar-refractivity contribution in [2.24, 2.45) is 0 Å². The van der Waals surface area contributed by atoms with Crippen molar-refractivity contribution < 1.29 is 14.6 Å². The first-order valence-electron chi connectivity index (χ1n) is 7.29. The zero-order valence-corrected chi connectivity index (χ0v) is 13.0. The molecule has 5 heteroatoms. The molecule has 1 amide bonds. The second kappa shape index (κ2) is 5.93. The largest absolute Gasteiger partial charge is 0.508 e. The molecule has 0 aromatic heterocycles. The summed E-state index contributed by atoms with van der Waals surface area (Å²) in [5, 5.41) is 15.6. The normalized spacial score (nSPS) is 22.5. The van der Waals surface area contributed by atoms with Crippen molar-refractivity contribution in [1.82, 2.24) is 10.6 Å². The molecule has 0 aliphatic heterocycles. The fraction of sp³-hybridized carbons (Fsp3) is 0.562. The molecule has 21 heavy (non-hydrogen) atoms. The Kier molecular flexibility index (Phi) is 4.42. The van der Waals surface area contributed by atoms with Crippen LogP contribution in [0.15, 0.2) is 24.3 Å². The molecule has 3 atom stereocenters. The first-order chi connectivity index (χ1) is 9.74. The van der Waals surface area contributed by atoms with E-state index in [9.17, 15) is 9.90 Å². The number of nitrogens with one attached hydrogen (secondary N) is 2. The molecule has 0 radical (unpaired) electrons. The van der Waals surface area contributed by atoms with Crippen LogP contribution in [-0.2, 0) is 4.74 Å². The van der Waals surface area contributed by atoms with Gasteiger partial charge in [-0.3, -0.25) is 0 Å². The Morgan fingerprint density at radius 3 is 2.48 bits per heavy atom. The first kappa shape index (κ1) is 15.6. The molecule has 1 fully saturated rings. The number of phenols is 1. The lowest BCUT2D eigenvalue weighted by molar-refractivity contribution is 0.0522.